The molecule has 2 atom stereocenters. The van der Waals surface area contributed by atoms with Crippen molar-refractivity contribution in [1.29, 1.82) is 0 Å². The first-order valence-electron chi connectivity index (χ1n) is 9.37. The SMILES string of the molecule is CCCOc1ccc(C(=O)O[C@@H](C)C(=O)N[C@@H]2CCS(=O)(=O)C2)cc1OCC. The Morgan fingerprint density at radius 1 is 1.21 bits per heavy atom. The van der Waals surface area contributed by atoms with Gasteiger partial charge in [0.05, 0.1) is 30.3 Å². The highest BCUT2D eigenvalue weighted by Gasteiger charge is 2.30. The summed E-state index contributed by atoms with van der Waals surface area (Å²) in [6.45, 7) is 6.19. The molecular formula is C19H27NO7S. The van der Waals surface area contributed by atoms with Crippen molar-refractivity contribution in [3.63, 3.8) is 0 Å². The number of amides is 1. The van der Waals surface area contributed by atoms with E-state index in [-0.39, 0.29) is 17.1 Å². The number of hydrogen-bond donors (Lipinski definition) is 1. The molecule has 0 radical (unpaired) electrons. The van der Waals surface area contributed by atoms with Gasteiger partial charge in [0.25, 0.3) is 5.91 Å². The van der Waals surface area contributed by atoms with Crippen LogP contribution < -0.4 is 14.8 Å². The topological polar surface area (TPSA) is 108 Å². The normalized spacial score (nSPS) is 18.9. The summed E-state index contributed by atoms with van der Waals surface area (Å²) in [5, 5.41) is 2.62. The Bertz CT molecular complexity index is 807. The Balaban J connectivity index is 1.98. The van der Waals surface area contributed by atoms with Crippen LogP contribution in [0.15, 0.2) is 18.2 Å². The lowest BCUT2D eigenvalue weighted by atomic mass is 10.2. The lowest BCUT2D eigenvalue weighted by Crippen LogP contribution is -2.42. The molecule has 1 aromatic rings. The van der Waals surface area contributed by atoms with E-state index in [1.165, 1.54) is 13.0 Å². The van der Waals surface area contributed by atoms with Gasteiger partial charge < -0.3 is 19.5 Å². The molecule has 0 spiro atoms. The fourth-order valence-electron chi connectivity index (χ4n) is 2.74. The molecule has 1 amide bonds. The number of benzene rings is 1. The van der Waals surface area contributed by atoms with Crippen molar-refractivity contribution in [2.24, 2.45) is 0 Å². The number of sulfone groups is 1. The van der Waals surface area contributed by atoms with Crippen molar-refractivity contribution in [1.82, 2.24) is 5.32 Å². The van der Waals surface area contributed by atoms with Crippen LogP contribution in [0.2, 0.25) is 0 Å². The van der Waals surface area contributed by atoms with Gasteiger partial charge in [0.15, 0.2) is 27.4 Å². The monoisotopic (exact) mass is 413 g/mol. The molecule has 1 fully saturated rings. The minimum Gasteiger partial charge on any atom is -0.490 e. The number of carbonyl (C=O) groups is 2. The molecule has 1 aromatic carbocycles. The molecule has 9 heteroatoms. The molecule has 0 saturated carbocycles. The van der Waals surface area contributed by atoms with E-state index in [1.54, 1.807) is 12.1 Å². The molecule has 0 bridgehead atoms. The van der Waals surface area contributed by atoms with Crippen LogP contribution in [0.5, 0.6) is 11.5 Å². The van der Waals surface area contributed by atoms with Gasteiger partial charge in [-0.15, -0.1) is 0 Å². The van der Waals surface area contributed by atoms with Crippen LogP contribution in [0.25, 0.3) is 0 Å². The maximum absolute atomic E-state index is 12.4. The molecule has 1 aliphatic heterocycles. The van der Waals surface area contributed by atoms with Gasteiger partial charge in [-0.3, -0.25) is 4.79 Å². The molecule has 2 rings (SSSR count). The zero-order valence-corrected chi connectivity index (χ0v) is 17.2. The lowest BCUT2D eigenvalue weighted by Gasteiger charge is -2.17. The highest BCUT2D eigenvalue weighted by Crippen LogP contribution is 2.29. The average Bonchev–Trinajstić information content (AvgIpc) is 2.99. The predicted octanol–water partition coefficient (Wildman–Crippen LogP) is 1.72. The second kappa shape index (κ2) is 9.77. The molecule has 156 valence electrons. The van der Waals surface area contributed by atoms with E-state index in [1.807, 2.05) is 13.8 Å². The number of ether oxygens (including phenoxy) is 3. The van der Waals surface area contributed by atoms with E-state index in [4.69, 9.17) is 14.2 Å². The van der Waals surface area contributed by atoms with Crippen LogP contribution in [0.4, 0.5) is 0 Å². The smallest absolute Gasteiger partial charge is 0.339 e. The Morgan fingerprint density at radius 2 is 1.96 bits per heavy atom. The van der Waals surface area contributed by atoms with Gasteiger partial charge in [0.2, 0.25) is 0 Å². The maximum atomic E-state index is 12.4. The van der Waals surface area contributed by atoms with E-state index < -0.39 is 33.9 Å². The quantitative estimate of drug-likeness (QED) is 0.614. The molecule has 28 heavy (non-hydrogen) atoms. The summed E-state index contributed by atoms with van der Waals surface area (Å²) in [6.07, 6.45) is 0.151. The van der Waals surface area contributed by atoms with Crippen LogP contribution in [0.1, 0.15) is 44.0 Å². The summed E-state index contributed by atoms with van der Waals surface area (Å²) >= 11 is 0. The first kappa shape index (κ1) is 22.0. The molecule has 1 heterocycles. The highest BCUT2D eigenvalue weighted by atomic mass is 32.2. The van der Waals surface area contributed by atoms with Crippen LogP contribution in [0.3, 0.4) is 0 Å². The molecule has 0 unspecified atom stereocenters. The summed E-state index contributed by atoms with van der Waals surface area (Å²) in [6, 6.07) is 4.25. The van der Waals surface area contributed by atoms with Gasteiger partial charge in [-0.25, -0.2) is 13.2 Å². The summed E-state index contributed by atoms with van der Waals surface area (Å²) < 4.78 is 39.3. The lowest BCUT2D eigenvalue weighted by molar-refractivity contribution is -0.129. The Morgan fingerprint density at radius 3 is 2.57 bits per heavy atom. The Kier molecular flexibility index (Phi) is 7.68. The maximum Gasteiger partial charge on any atom is 0.339 e. The number of esters is 1. The van der Waals surface area contributed by atoms with Crippen molar-refractivity contribution in [2.45, 2.75) is 45.8 Å². The number of carbonyl (C=O) groups excluding carboxylic acids is 2. The summed E-state index contributed by atoms with van der Waals surface area (Å²) in [4.78, 5) is 24.6. The van der Waals surface area contributed by atoms with E-state index in [9.17, 15) is 18.0 Å². The van der Waals surface area contributed by atoms with Crippen molar-refractivity contribution in [2.75, 3.05) is 24.7 Å². The standard InChI is InChI=1S/C19H27NO7S/c1-4-9-26-16-7-6-14(11-17(16)25-5-2)19(22)27-13(3)18(21)20-15-8-10-28(23,24)12-15/h6-7,11,13,15H,4-5,8-10,12H2,1-3H3,(H,20,21)/t13-,15+/m0/s1. The Labute approximate surface area is 165 Å². The van der Waals surface area contributed by atoms with Gasteiger partial charge in [-0.05, 0) is 44.9 Å². The molecular weight excluding hydrogens is 386 g/mol. The summed E-state index contributed by atoms with van der Waals surface area (Å²) in [7, 11) is -3.10. The second-order valence-electron chi connectivity index (χ2n) is 6.60. The first-order valence-corrected chi connectivity index (χ1v) is 11.2. The third-order valence-corrected chi connectivity index (χ3v) is 5.94. The van der Waals surface area contributed by atoms with Crippen molar-refractivity contribution < 1.29 is 32.2 Å². The Hall–Kier alpha value is -2.29. The minimum atomic E-state index is -3.10. The van der Waals surface area contributed by atoms with Crippen molar-refractivity contribution >= 4 is 21.7 Å². The van der Waals surface area contributed by atoms with Crippen LogP contribution in [-0.4, -0.2) is 57.2 Å². The zero-order valence-electron chi connectivity index (χ0n) is 16.4. The second-order valence-corrected chi connectivity index (χ2v) is 8.83. The summed E-state index contributed by atoms with van der Waals surface area (Å²) in [5.74, 6) is -0.269. The number of rotatable bonds is 9. The minimum absolute atomic E-state index is 0.0543. The van der Waals surface area contributed by atoms with Crippen LogP contribution >= 0.6 is 0 Å². The number of nitrogens with one attached hydrogen (secondary N) is 1. The van der Waals surface area contributed by atoms with Gasteiger partial charge in [-0.1, -0.05) is 6.92 Å². The summed E-state index contributed by atoms with van der Waals surface area (Å²) in [5.41, 5.74) is 0.232. The first-order chi connectivity index (χ1) is 13.3. The van der Waals surface area contributed by atoms with E-state index in [0.29, 0.717) is 31.1 Å². The largest absolute Gasteiger partial charge is 0.490 e. The van der Waals surface area contributed by atoms with E-state index in [0.717, 1.165) is 6.42 Å². The van der Waals surface area contributed by atoms with Gasteiger partial charge in [0, 0.05) is 6.04 Å². The van der Waals surface area contributed by atoms with Gasteiger partial charge in [0.1, 0.15) is 0 Å². The predicted molar refractivity (Wildman–Crippen MR) is 103 cm³/mol. The molecule has 0 aliphatic carbocycles. The average molecular weight is 413 g/mol. The van der Waals surface area contributed by atoms with Crippen molar-refractivity contribution in [3.05, 3.63) is 23.8 Å². The van der Waals surface area contributed by atoms with Gasteiger partial charge in [-0.2, -0.15) is 0 Å². The fourth-order valence-corrected chi connectivity index (χ4v) is 4.42. The zero-order chi connectivity index (χ0) is 20.7. The highest BCUT2D eigenvalue weighted by molar-refractivity contribution is 7.91. The molecule has 1 N–H and O–H groups in total. The fraction of sp³-hybridized carbons (Fsp3) is 0.579. The molecule has 1 aliphatic rings. The van der Waals surface area contributed by atoms with Crippen LogP contribution in [0, 0.1) is 0 Å². The van der Waals surface area contributed by atoms with Gasteiger partial charge >= 0.3 is 5.97 Å². The van der Waals surface area contributed by atoms with Crippen LogP contribution in [-0.2, 0) is 19.4 Å². The third kappa shape index (κ3) is 6.12. The molecule has 8 nitrogen and oxygen atoms in total. The molecule has 0 aromatic heterocycles. The molecule has 1 saturated heterocycles. The van der Waals surface area contributed by atoms with E-state index >= 15 is 0 Å². The van der Waals surface area contributed by atoms with Crippen molar-refractivity contribution in [3.8, 4) is 11.5 Å². The van der Waals surface area contributed by atoms with E-state index in [2.05, 4.69) is 5.32 Å². The third-order valence-electron chi connectivity index (χ3n) is 4.17. The number of hydrogen-bond acceptors (Lipinski definition) is 7.